The standard InChI is InChI=1S/C16H14N4OS/c1-2-20-15(21)14(10-12-5-8-17-9-6-12)22-16(20)19-13-4-3-7-18-11-13/h3-11H,2H2,1H3/b14-10-,19-16?. The number of pyridine rings is 2. The van der Waals surface area contributed by atoms with Gasteiger partial charge in [0.25, 0.3) is 5.91 Å². The summed E-state index contributed by atoms with van der Waals surface area (Å²) < 4.78 is 0. The van der Waals surface area contributed by atoms with E-state index in [2.05, 4.69) is 15.0 Å². The molecule has 1 saturated heterocycles. The molecule has 1 aliphatic heterocycles. The Bertz CT molecular complexity index is 728. The highest BCUT2D eigenvalue weighted by molar-refractivity contribution is 8.18. The molecule has 2 aromatic heterocycles. The third-order valence-corrected chi connectivity index (χ3v) is 4.09. The molecule has 0 atom stereocenters. The van der Waals surface area contributed by atoms with Crippen molar-refractivity contribution in [1.29, 1.82) is 0 Å². The molecule has 0 N–H and O–H groups in total. The summed E-state index contributed by atoms with van der Waals surface area (Å²) in [4.78, 5) is 27.3. The molecule has 0 unspecified atom stereocenters. The third-order valence-electron chi connectivity index (χ3n) is 3.08. The molecule has 1 amide bonds. The van der Waals surface area contributed by atoms with Gasteiger partial charge in [0.15, 0.2) is 5.17 Å². The molecule has 110 valence electrons. The molecule has 6 heteroatoms. The second kappa shape index (κ2) is 6.53. The maximum atomic E-state index is 12.5. The van der Waals surface area contributed by atoms with Crippen LogP contribution >= 0.6 is 11.8 Å². The Morgan fingerprint density at radius 3 is 2.73 bits per heavy atom. The zero-order chi connectivity index (χ0) is 15.4. The normalized spacial score (nSPS) is 18.4. The van der Waals surface area contributed by atoms with Gasteiger partial charge in [-0.3, -0.25) is 19.7 Å². The average molecular weight is 310 g/mol. The molecule has 1 aliphatic rings. The Hall–Kier alpha value is -2.47. The van der Waals surface area contributed by atoms with Gasteiger partial charge in [0, 0.05) is 25.1 Å². The largest absolute Gasteiger partial charge is 0.287 e. The first-order valence-electron chi connectivity index (χ1n) is 6.88. The number of aromatic nitrogens is 2. The zero-order valence-electron chi connectivity index (χ0n) is 12.0. The summed E-state index contributed by atoms with van der Waals surface area (Å²) in [5, 5.41) is 0.681. The fourth-order valence-electron chi connectivity index (χ4n) is 2.01. The summed E-state index contributed by atoms with van der Waals surface area (Å²) in [5.74, 6) is -0.0213. The number of carbonyl (C=O) groups excluding carboxylic acids is 1. The minimum Gasteiger partial charge on any atom is -0.287 e. The summed E-state index contributed by atoms with van der Waals surface area (Å²) in [6.45, 7) is 2.52. The number of amides is 1. The lowest BCUT2D eigenvalue weighted by Gasteiger charge is -2.11. The van der Waals surface area contributed by atoms with Crippen LogP contribution in [0.4, 0.5) is 5.69 Å². The van der Waals surface area contributed by atoms with Crippen molar-refractivity contribution in [2.24, 2.45) is 4.99 Å². The first kappa shape index (κ1) is 14.5. The SMILES string of the molecule is CCN1C(=O)/C(=C/c2ccncc2)SC1=Nc1cccnc1. The topological polar surface area (TPSA) is 58.5 Å². The van der Waals surface area contributed by atoms with Crippen molar-refractivity contribution in [3.63, 3.8) is 0 Å². The number of hydrogen-bond acceptors (Lipinski definition) is 5. The number of thioether (sulfide) groups is 1. The van der Waals surface area contributed by atoms with E-state index in [0.29, 0.717) is 16.6 Å². The molecular formula is C16H14N4OS. The number of rotatable bonds is 3. The molecule has 0 aliphatic carbocycles. The number of nitrogens with zero attached hydrogens (tertiary/aromatic N) is 4. The van der Waals surface area contributed by atoms with Gasteiger partial charge in [0.05, 0.1) is 16.8 Å². The highest BCUT2D eigenvalue weighted by Crippen LogP contribution is 2.33. The molecule has 5 nitrogen and oxygen atoms in total. The number of carbonyl (C=O) groups is 1. The van der Waals surface area contributed by atoms with Crippen molar-refractivity contribution >= 4 is 34.6 Å². The van der Waals surface area contributed by atoms with E-state index in [-0.39, 0.29) is 5.91 Å². The van der Waals surface area contributed by atoms with Crippen LogP contribution in [-0.2, 0) is 4.79 Å². The average Bonchev–Trinajstić information content (AvgIpc) is 2.84. The van der Waals surface area contributed by atoms with Crippen LogP contribution in [0.5, 0.6) is 0 Å². The lowest BCUT2D eigenvalue weighted by molar-refractivity contribution is -0.122. The van der Waals surface area contributed by atoms with Crippen molar-refractivity contribution in [3.8, 4) is 0 Å². The Labute approximate surface area is 132 Å². The number of likely N-dealkylation sites (N-methyl/N-ethyl adjacent to an activating group) is 1. The minimum atomic E-state index is -0.0213. The van der Waals surface area contributed by atoms with E-state index in [4.69, 9.17) is 0 Å². The fourth-order valence-corrected chi connectivity index (χ4v) is 3.07. The van der Waals surface area contributed by atoms with E-state index in [1.54, 1.807) is 29.7 Å². The first-order valence-corrected chi connectivity index (χ1v) is 7.69. The summed E-state index contributed by atoms with van der Waals surface area (Å²) in [5.41, 5.74) is 1.69. The van der Waals surface area contributed by atoms with Gasteiger partial charge in [-0.2, -0.15) is 0 Å². The van der Waals surface area contributed by atoms with Crippen LogP contribution in [0.15, 0.2) is 59.0 Å². The maximum Gasteiger partial charge on any atom is 0.266 e. The second-order valence-electron chi connectivity index (χ2n) is 4.55. The molecule has 0 aromatic carbocycles. The predicted octanol–water partition coefficient (Wildman–Crippen LogP) is 3.10. The Morgan fingerprint density at radius 1 is 1.23 bits per heavy atom. The van der Waals surface area contributed by atoms with Gasteiger partial charge in [-0.25, -0.2) is 4.99 Å². The van der Waals surface area contributed by atoms with Gasteiger partial charge >= 0.3 is 0 Å². The van der Waals surface area contributed by atoms with Gasteiger partial charge in [0.2, 0.25) is 0 Å². The van der Waals surface area contributed by atoms with Crippen molar-refractivity contribution in [2.75, 3.05) is 6.54 Å². The summed E-state index contributed by atoms with van der Waals surface area (Å²) >= 11 is 1.38. The van der Waals surface area contributed by atoms with Crippen LogP contribution in [0.1, 0.15) is 12.5 Å². The predicted molar refractivity (Wildman–Crippen MR) is 88.5 cm³/mol. The molecule has 1 fully saturated rings. The number of amidine groups is 1. The monoisotopic (exact) mass is 310 g/mol. The molecule has 2 aromatic rings. The highest BCUT2D eigenvalue weighted by atomic mass is 32.2. The third kappa shape index (κ3) is 3.07. The molecule has 0 bridgehead atoms. The fraction of sp³-hybridized carbons (Fsp3) is 0.125. The lowest BCUT2D eigenvalue weighted by atomic mass is 10.2. The molecule has 22 heavy (non-hydrogen) atoms. The summed E-state index contributed by atoms with van der Waals surface area (Å²) in [6, 6.07) is 7.43. The molecule has 3 rings (SSSR count). The first-order chi connectivity index (χ1) is 10.8. The van der Waals surface area contributed by atoms with Gasteiger partial charge in [-0.15, -0.1) is 0 Å². The van der Waals surface area contributed by atoms with Crippen LogP contribution in [-0.4, -0.2) is 32.5 Å². The van der Waals surface area contributed by atoms with Crippen LogP contribution in [0.25, 0.3) is 6.08 Å². The summed E-state index contributed by atoms with van der Waals surface area (Å²) in [7, 11) is 0. The van der Waals surface area contributed by atoms with Crippen LogP contribution < -0.4 is 0 Å². The van der Waals surface area contributed by atoms with E-state index < -0.39 is 0 Å². The number of hydrogen-bond donors (Lipinski definition) is 0. The van der Waals surface area contributed by atoms with Crippen molar-refractivity contribution in [3.05, 3.63) is 59.5 Å². The van der Waals surface area contributed by atoms with Gasteiger partial charge < -0.3 is 0 Å². The molecule has 0 spiro atoms. The molecular weight excluding hydrogens is 296 g/mol. The van der Waals surface area contributed by atoms with E-state index in [1.807, 2.05) is 37.3 Å². The molecule has 0 radical (unpaired) electrons. The number of aliphatic imine (C=N–C) groups is 1. The smallest absolute Gasteiger partial charge is 0.266 e. The van der Waals surface area contributed by atoms with Crippen molar-refractivity contribution in [1.82, 2.24) is 14.9 Å². The summed E-state index contributed by atoms with van der Waals surface area (Å²) in [6.07, 6.45) is 8.65. The van der Waals surface area contributed by atoms with Gasteiger partial charge in [-0.05, 0) is 54.6 Å². The van der Waals surface area contributed by atoms with Crippen molar-refractivity contribution < 1.29 is 4.79 Å². The van der Waals surface area contributed by atoms with Crippen LogP contribution in [0, 0.1) is 0 Å². The van der Waals surface area contributed by atoms with Crippen LogP contribution in [0.3, 0.4) is 0 Å². The van der Waals surface area contributed by atoms with E-state index in [9.17, 15) is 4.79 Å². The Balaban J connectivity index is 1.92. The minimum absolute atomic E-state index is 0.0213. The van der Waals surface area contributed by atoms with Gasteiger partial charge in [-0.1, -0.05) is 0 Å². The Kier molecular flexibility index (Phi) is 4.29. The molecule has 0 saturated carbocycles. The van der Waals surface area contributed by atoms with Crippen molar-refractivity contribution in [2.45, 2.75) is 6.92 Å². The van der Waals surface area contributed by atoms with E-state index in [0.717, 1.165) is 11.3 Å². The quantitative estimate of drug-likeness (QED) is 0.817. The molecule has 3 heterocycles. The lowest BCUT2D eigenvalue weighted by Crippen LogP contribution is -2.28. The second-order valence-corrected chi connectivity index (χ2v) is 5.56. The van der Waals surface area contributed by atoms with Crippen LogP contribution in [0.2, 0.25) is 0 Å². The maximum absolute atomic E-state index is 12.5. The van der Waals surface area contributed by atoms with E-state index >= 15 is 0 Å². The van der Waals surface area contributed by atoms with Gasteiger partial charge in [0.1, 0.15) is 0 Å². The Morgan fingerprint density at radius 2 is 2.05 bits per heavy atom. The van der Waals surface area contributed by atoms with E-state index in [1.165, 1.54) is 11.8 Å². The zero-order valence-corrected chi connectivity index (χ0v) is 12.8. The highest BCUT2D eigenvalue weighted by Gasteiger charge is 2.32.